The van der Waals surface area contributed by atoms with E-state index in [1.165, 1.54) is 0 Å². The lowest BCUT2D eigenvalue weighted by molar-refractivity contribution is 0.0446. The van der Waals surface area contributed by atoms with Gasteiger partial charge in [0.2, 0.25) is 0 Å². The molecule has 0 aromatic heterocycles. The van der Waals surface area contributed by atoms with Crippen LogP contribution >= 0.6 is 0 Å². The molecular formula is C9H21O2Si. The van der Waals surface area contributed by atoms with Crippen molar-refractivity contribution in [3.63, 3.8) is 0 Å². The molecule has 1 radical (unpaired) electrons. The van der Waals surface area contributed by atoms with Gasteiger partial charge in [0, 0.05) is 12.1 Å². The molecule has 0 fully saturated rings. The monoisotopic (exact) mass is 189 g/mol. The van der Waals surface area contributed by atoms with E-state index < -0.39 is 13.7 Å². The van der Waals surface area contributed by atoms with Gasteiger partial charge in [0.05, 0.1) is 20.8 Å². The fraction of sp³-hybridized carbons (Fsp3) is 0.889. The first-order valence-corrected chi connectivity index (χ1v) is 7.86. The second kappa shape index (κ2) is 3.90. The maximum atomic E-state index is 9.87. The number of hydrogen-bond donors (Lipinski definition) is 1. The van der Waals surface area contributed by atoms with E-state index in [9.17, 15) is 5.11 Å². The molecule has 73 valence electrons. The fourth-order valence-electron chi connectivity index (χ4n) is 1.63. The second-order valence-corrected chi connectivity index (χ2v) is 10.4. The molecule has 0 aliphatic heterocycles. The molecule has 1 unspecified atom stereocenters. The van der Waals surface area contributed by atoms with Crippen LogP contribution in [0.1, 0.15) is 13.8 Å². The van der Waals surface area contributed by atoms with Crippen LogP contribution in [-0.4, -0.2) is 25.4 Å². The lowest BCUT2D eigenvalue weighted by atomic mass is 10.1. The van der Waals surface area contributed by atoms with E-state index in [2.05, 4.69) is 26.8 Å². The first kappa shape index (κ1) is 12.1. The Morgan fingerprint density at radius 1 is 1.42 bits per heavy atom. The summed E-state index contributed by atoms with van der Waals surface area (Å²) < 4.78 is 4.88. The molecule has 1 N–H and O–H groups in total. The molecular weight excluding hydrogens is 168 g/mol. The summed E-state index contributed by atoms with van der Waals surface area (Å²) in [6.07, 6.45) is 0. The molecule has 0 aromatic rings. The molecule has 3 heteroatoms. The average Bonchev–Trinajstić information content (AvgIpc) is 1.77. The van der Waals surface area contributed by atoms with Crippen molar-refractivity contribution < 1.29 is 9.84 Å². The van der Waals surface area contributed by atoms with Crippen LogP contribution in [0.3, 0.4) is 0 Å². The van der Waals surface area contributed by atoms with Gasteiger partial charge in [-0.25, -0.2) is 0 Å². The van der Waals surface area contributed by atoms with Crippen molar-refractivity contribution in [2.24, 2.45) is 0 Å². The molecule has 0 saturated heterocycles. The van der Waals surface area contributed by atoms with Gasteiger partial charge in [0.1, 0.15) is 0 Å². The topological polar surface area (TPSA) is 29.5 Å². The molecule has 0 bridgehead atoms. The average molecular weight is 189 g/mol. The van der Waals surface area contributed by atoms with E-state index in [1.807, 2.05) is 13.8 Å². The summed E-state index contributed by atoms with van der Waals surface area (Å²) in [7, 11) is 2.01. The zero-order chi connectivity index (χ0) is 9.99. The van der Waals surface area contributed by atoms with Crippen LogP contribution in [0.4, 0.5) is 0 Å². The number of ether oxygens (including phenoxy) is 1. The molecule has 1 atom stereocenters. The van der Waals surface area contributed by atoms with Crippen molar-refractivity contribution in [1.82, 2.24) is 0 Å². The van der Waals surface area contributed by atoms with Gasteiger partial charge in [0.25, 0.3) is 0 Å². The third-order valence-corrected chi connectivity index (χ3v) is 5.15. The third-order valence-electron chi connectivity index (χ3n) is 2.18. The Bertz CT molecular complexity index is 118. The van der Waals surface area contributed by atoms with Crippen molar-refractivity contribution in [2.75, 3.05) is 6.61 Å². The lowest BCUT2D eigenvalue weighted by Crippen LogP contribution is -2.44. The normalized spacial score (nSPS) is 16.2. The molecule has 2 nitrogen and oxygen atoms in total. The molecule has 12 heavy (non-hydrogen) atoms. The number of aliphatic hydroxyl groups is 1. The van der Waals surface area contributed by atoms with Crippen molar-refractivity contribution in [3.05, 3.63) is 7.11 Å². The first-order chi connectivity index (χ1) is 5.19. The fourth-order valence-corrected chi connectivity index (χ4v) is 4.37. The van der Waals surface area contributed by atoms with Crippen LogP contribution in [0.25, 0.3) is 0 Å². The first-order valence-electron chi connectivity index (χ1n) is 4.29. The van der Waals surface area contributed by atoms with Crippen LogP contribution < -0.4 is 0 Å². The zero-order valence-electron chi connectivity index (χ0n) is 8.85. The summed E-state index contributed by atoms with van der Waals surface area (Å²) in [5.41, 5.74) is -0.412. The molecule has 0 rings (SSSR count). The van der Waals surface area contributed by atoms with Gasteiger partial charge in [-0.2, -0.15) is 0 Å². The highest BCUT2D eigenvalue weighted by Crippen LogP contribution is 2.32. The quantitative estimate of drug-likeness (QED) is 0.688. The van der Waals surface area contributed by atoms with Gasteiger partial charge < -0.3 is 9.84 Å². The summed E-state index contributed by atoms with van der Waals surface area (Å²) in [4.78, 5) is 0. The van der Waals surface area contributed by atoms with Gasteiger partial charge in [-0.05, 0) is 13.8 Å². The van der Waals surface area contributed by atoms with E-state index in [-0.39, 0.29) is 5.54 Å². The van der Waals surface area contributed by atoms with Gasteiger partial charge >= 0.3 is 0 Å². The Morgan fingerprint density at radius 2 is 1.83 bits per heavy atom. The summed E-state index contributed by atoms with van der Waals surface area (Å²) in [5.74, 6) is 0. The molecule has 0 saturated carbocycles. The number of rotatable bonds is 4. The number of hydrogen-bond acceptors (Lipinski definition) is 2. The SMILES string of the molecule is [CH2]OCC(C(C)(C)O)[Si](C)(C)C. The summed E-state index contributed by atoms with van der Waals surface area (Å²) in [6, 6.07) is 0. The van der Waals surface area contributed by atoms with Crippen LogP contribution in [0.15, 0.2) is 0 Å². The van der Waals surface area contributed by atoms with Crippen molar-refractivity contribution >= 4 is 8.07 Å². The van der Waals surface area contributed by atoms with Crippen molar-refractivity contribution in [2.45, 2.75) is 44.6 Å². The van der Waals surface area contributed by atoms with Crippen LogP contribution in [0.5, 0.6) is 0 Å². The highest BCUT2D eigenvalue weighted by atomic mass is 28.3. The van der Waals surface area contributed by atoms with E-state index in [4.69, 9.17) is 4.74 Å². The molecule has 0 heterocycles. The Kier molecular flexibility index (Phi) is 3.94. The van der Waals surface area contributed by atoms with Gasteiger partial charge in [-0.15, -0.1) is 0 Å². The standard InChI is InChI=1S/C9H21O2Si/c1-9(2,10)8(7-11-3)12(4,5)6/h8,10H,3,7H2,1-2,4-6H3. The maximum absolute atomic E-state index is 9.87. The molecule has 0 spiro atoms. The van der Waals surface area contributed by atoms with Crippen LogP contribution in [-0.2, 0) is 4.74 Å². The maximum Gasteiger partial charge on any atom is 0.0700 e. The Morgan fingerprint density at radius 3 is 1.92 bits per heavy atom. The minimum atomic E-state index is -1.36. The van der Waals surface area contributed by atoms with E-state index in [1.54, 1.807) is 0 Å². The van der Waals surface area contributed by atoms with Crippen molar-refractivity contribution in [1.29, 1.82) is 0 Å². The summed E-state index contributed by atoms with van der Waals surface area (Å²) >= 11 is 0. The predicted molar refractivity (Wildman–Crippen MR) is 54.7 cm³/mol. The molecule has 0 aliphatic carbocycles. The van der Waals surface area contributed by atoms with Gasteiger partial charge in [-0.3, -0.25) is 0 Å². The largest absolute Gasteiger partial charge is 0.390 e. The smallest absolute Gasteiger partial charge is 0.0700 e. The summed E-state index contributed by atoms with van der Waals surface area (Å²) in [5, 5.41) is 9.87. The van der Waals surface area contributed by atoms with Gasteiger partial charge in [-0.1, -0.05) is 19.6 Å². The molecule has 0 amide bonds. The second-order valence-electron chi connectivity index (χ2n) is 4.94. The van der Waals surface area contributed by atoms with Crippen LogP contribution in [0, 0.1) is 7.11 Å². The Hall–Kier alpha value is 0.137. The molecule has 0 aromatic carbocycles. The predicted octanol–water partition coefficient (Wildman–Crippen LogP) is 2.27. The van der Waals surface area contributed by atoms with Crippen LogP contribution in [0.2, 0.25) is 25.2 Å². The van der Waals surface area contributed by atoms with Crippen molar-refractivity contribution in [3.8, 4) is 0 Å². The van der Waals surface area contributed by atoms with E-state index in [0.717, 1.165) is 0 Å². The highest BCUT2D eigenvalue weighted by Gasteiger charge is 2.37. The lowest BCUT2D eigenvalue weighted by Gasteiger charge is -2.37. The Balaban J connectivity index is 4.45. The Labute approximate surface area is 76.9 Å². The van der Waals surface area contributed by atoms with E-state index in [0.29, 0.717) is 6.61 Å². The third kappa shape index (κ3) is 3.69. The zero-order valence-corrected chi connectivity index (χ0v) is 9.85. The summed E-state index contributed by atoms with van der Waals surface area (Å²) in [6.45, 7) is 10.9. The molecule has 0 aliphatic rings. The van der Waals surface area contributed by atoms with E-state index >= 15 is 0 Å². The highest BCUT2D eigenvalue weighted by molar-refractivity contribution is 6.77. The minimum absolute atomic E-state index is 0.238. The van der Waals surface area contributed by atoms with Gasteiger partial charge in [0.15, 0.2) is 0 Å². The minimum Gasteiger partial charge on any atom is -0.390 e.